The lowest BCUT2D eigenvalue weighted by molar-refractivity contribution is -0.385. The molecule has 0 spiro atoms. The molecule has 104 valence electrons. The molecule has 0 amide bonds. The summed E-state index contributed by atoms with van der Waals surface area (Å²) < 4.78 is 18.7. The lowest BCUT2D eigenvalue weighted by Gasteiger charge is -2.08. The summed E-state index contributed by atoms with van der Waals surface area (Å²) in [6.07, 6.45) is 1.37. The molecule has 0 heterocycles. The molecule has 5 nitrogen and oxygen atoms in total. The molecule has 0 fully saturated rings. The Kier molecular flexibility index (Phi) is 5.41. The molecule has 0 saturated carbocycles. The van der Waals surface area contributed by atoms with Gasteiger partial charge in [-0.05, 0) is 19.4 Å². The SMILES string of the molecule is CCC(=O)CCCOc1cc(C)c([N+](=O)[O-])cc1F. The number of hydrogen-bond acceptors (Lipinski definition) is 4. The average Bonchev–Trinajstić information content (AvgIpc) is 2.37. The predicted molar refractivity (Wildman–Crippen MR) is 67.8 cm³/mol. The van der Waals surface area contributed by atoms with Crippen molar-refractivity contribution in [3.8, 4) is 5.75 Å². The highest BCUT2D eigenvalue weighted by Gasteiger charge is 2.16. The van der Waals surface area contributed by atoms with Crippen LogP contribution in [0.1, 0.15) is 31.7 Å². The minimum Gasteiger partial charge on any atom is -0.490 e. The van der Waals surface area contributed by atoms with Crippen molar-refractivity contribution in [1.29, 1.82) is 0 Å². The quantitative estimate of drug-likeness (QED) is 0.433. The first kappa shape index (κ1) is 15.1. The van der Waals surface area contributed by atoms with E-state index in [-0.39, 0.29) is 23.8 Å². The molecule has 0 N–H and O–H groups in total. The number of nitro benzene ring substituents is 1. The summed E-state index contributed by atoms with van der Waals surface area (Å²) in [5.41, 5.74) is 0.0667. The number of ether oxygens (including phenoxy) is 1. The van der Waals surface area contributed by atoms with Crippen molar-refractivity contribution >= 4 is 11.5 Å². The van der Waals surface area contributed by atoms with Crippen molar-refractivity contribution < 1.29 is 18.8 Å². The molecule has 0 saturated heterocycles. The van der Waals surface area contributed by atoms with E-state index in [1.807, 2.05) is 0 Å². The fraction of sp³-hybridized carbons (Fsp3) is 0.462. The second kappa shape index (κ2) is 6.82. The molecule has 19 heavy (non-hydrogen) atoms. The summed E-state index contributed by atoms with van der Waals surface area (Å²) in [7, 11) is 0. The molecule has 0 aliphatic carbocycles. The first-order chi connectivity index (χ1) is 8.95. The molecule has 0 unspecified atom stereocenters. The van der Waals surface area contributed by atoms with E-state index in [4.69, 9.17) is 4.74 Å². The number of carbonyl (C=O) groups excluding carboxylic acids is 1. The van der Waals surface area contributed by atoms with Gasteiger partial charge in [0.1, 0.15) is 5.78 Å². The number of Topliss-reactive ketones (excluding diaryl/α,β-unsaturated/α-hetero) is 1. The molecule has 0 aliphatic rings. The average molecular weight is 269 g/mol. The maximum atomic E-state index is 13.5. The van der Waals surface area contributed by atoms with Crippen molar-refractivity contribution in [2.75, 3.05) is 6.61 Å². The van der Waals surface area contributed by atoms with Gasteiger partial charge in [0, 0.05) is 18.4 Å². The molecule has 0 aromatic heterocycles. The third-order valence-electron chi connectivity index (χ3n) is 2.70. The zero-order valence-electron chi connectivity index (χ0n) is 10.9. The second-order valence-electron chi connectivity index (χ2n) is 4.17. The fourth-order valence-corrected chi connectivity index (χ4v) is 1.58. The van der Waals surface area contributed by atoms with Gasteiger partial charge in [0.05, 0.1) is 17.6 Å². The van der Waals surface area contributed by atoms with Crippen molar-refractivity contribution in [3.63, 3.8) is 0 Å². The van der Waals surface area contributed by atoms with E-state index in [2.05, 4.69) is 0 Å². The smallest absolute Gasteiger partial charge is 0.275 e. The van der Waals surface area contributed by atoms with E-state index >= 15 is 0 Å². The minimum atomic E-state index is -0.765. The molecule has 0 radical (unpaired) electrons. The van der Waals surface area contributed by atoms with Crippen LogP contribution in [-0.2, 0) is 4.79 Å². The van der Waals surface area contributed by atoms with Crippen molar-refractivity contribution in [2.24, 2.45) is 0 Å². The van der Waals surface area contributed by atoms with Gasteiger partial charge in [0.25, 0.3) is 5.69 Å². The zero-order valence-corrected chi connectivity index (χ0v) is 10.9. The number of nitro groups is 1. The Hall–Kier alpha value is -1.98. The summed E-state index contributed by atoms with van der Waals surface area (Å²) in [6.45, 7) is 3.51. The molecule has 1 aromatic carbocycles. The monoisotopic (exact) mass is 269 g/mol. The van der Waals surface area contributed by atoms with Crippen LogP contribution in [0.15, 0.2) is 12.1 Å². The summed E-state index contributed by atoms with van der Waals surface area (Å²) in [5.74, 6) is -0.657. The fourth-order valence-electron chi connectivity index (χ4n) is 1.58. The maximum absolute atomic E-state index is 13.5. The van der Waals surface area contributed by atoms with Crippen molar-refractivity contribution in [2.45, 2.75) is 33.1 Å². The Bertz CT molecular complexity index is 488. The molecular weight excluding hydrogens is 253 g/mol. The Balaban J connectivity index is 2.62. The Morgan fingerprint density at radius 2 is 2.16 bits per heavy atom. The highest BCUT2D eigenvalue weighted by Crippen LogP contribution is 2.27. The van der Waals surface area contributed by atoms with Gasteiger partial charge in [-0.3, -0.25) is 14.9 Å². The number of benzene rings is 1. The minimum absolute atomic E-state index is 0.0213. The third kappa shape index (κ3) is 4.31. The van der Waals surface area contributed by atoms with Crippen LogP contribution in [0.4, 0.5) is 10.1 Å². The lowest BCUT2D eigenvalue weighted by Crippen LogP contribution is -2.04. The first-order valence-corrected chi connectivity index (χ1v) is 6.04. The van der Waals surface area contributed by atoms with Gasteiger partial charge in [-0.1, -0.05) is 6.92 Å². The van der Waals surface area contributed by atoms with Crippen LogP contribution in [-0.4, -0.2) is 17.3 Å². The highest BCUT2D eigenvalue weighted by molar-refractivity contribution is 5.77. The molecule has 0 atom stereocenters. The molecule has 1 aromatic rings. The van der Waals surface area contributed by atoms with Gasteiger partial charge >= 0.3 is 0 Å². The van der Waals surface area contributed by atoms with Crippen LogP contribution >= 0.6 is 0 Å². The van der Waals surface area contributed by atoms with Crippen LogP contribution < -0.4 is 4.74 Å². The number of rotatable bonds is 7. The molecule has 6 heteroatoms. The molecule has 1 rings (SSSR count). The maximum Gasteiger partial charge on any atom is 0.275 e. The zero-order chi connectivity index (χ0) is 14.4. The molecule has 0 bridgehead atoms. The summed E-state index contributed by atoms with van der Waals surface area (Å²) >= 11 is 0. The Labute approximate surface area is 110 Å². The standard InChI is InChI=1S/C13H16FNO4/c1-3-10(16)5-4-6-19-13-7-9(2)12(15(17)18)8-11(13)14/h7-8H,3-6H2,1-2H3. The van der Waals surface area contributed by atoms with Crippen LogP contribution in [0, 0.1) is 22.9 Å². The number of nitrogens with zero attached hydrogens (tertiary/aromatic N) is 1. The summed E-state index contributed by atoms with van der Waals surface area (Å²) in [6, 6.07) is 2.15. The van der Waals surface area contributed by atoms with Crippen LogP contribution in [0.5, 0.6) is 5.75 Å². The number of hydrogen-bond donors (Lipinski definition) is 0. The number of carbonyl (C=O) groups is 1. The van der Waals surface area contributed by atoms with Gasteiger partial charge in [-0.15, -0.1) is 0 Å². The predicted octanol–water partition coefficient (Wildman–Crippen LogP) is 3.18. The van der Waals surface area contributed by atoms with Crippen molar-refractivity contribution in [1.82, 2.24) is 0 Å². The van der Waals surface area contributed by atoms with Gasteiger partial charge in [-0.25, -0.2) is 4.39 Å². The van der Waals surface area contributed by atoms with E-state index < -0.39 is 10.7 Å². The van der Waals surface area contributed by atoms with Crippen molar-refractivity contribution in [3.05, 3.63) is 33.6 Å². The van der Waals surface area contributed by atoms with Gasteiger partial charge < -0.3 is 4.74 Å². The summed E-state index contributed by atoms with van der Waals surface area (Å²) in [5, 5.41) is 10.6. The Morgan fingerprint density at radius 3 is 2.74 bits per heavy atom. The van der Waals surface area contributed by atoms with Crippen LogP contribution in [0.3, 0.4) is 0 Å². The summed E-state index contributed by atoms with van der Waals surface area (Å²) in [4.78, 5) is 21.0. The highest BCUT2D eigenvalue weighted by atomic mass is 19.1. The number of ketones is 1. The van der Waals surface area contributed by atoms with E-state index in [1.165, 1.54) is 13.0 Å². The topological polar surface area (TPSA) is 69.4 Å². The normalized spacial score (nSPS) is 10.3. The number of aryl methyl sites for hydroxylation is 1. The van der Waals surface area contributed by atoms with Gasteiger partial charge in [0.15, 0.2) is 11.6 Å². The van der Waals surface area contributed by atoms with E-state index in [9.17, 15) is 19.3 Å². The van der Waals surface area contributed by atoms with Gasteiger partial charge in [-0.2, -0.15) is 0 Å². The second-order valence-corrected chi connectivity index (χ2v) is 4.17. The number of halogens is 1. The molecule has 0 aliphatic heterocycles. The third-order valence-corrected chi connectivity index (χ3v) is 2.70. The lowest BCUT2D eigenvalue weighted by atomic mass is 10.2. The molecular formula is C13H16FNO4. The first-order valence-electron chi connectivity index (χ1n) is 6.04. The van der Waals surface area contributed by atoms with Gasteiger partial charge in [0.2, 0.25) is 0 Å². The van der Waals surface area contributed by atoms with E-state index in [0.717, 1.165) is 6.07 Å². The largest absolute Gasteiger partial charge is 0.490 e. The van der Waals surface area contributed by atoms with E-state index in [0.29, 0.717) is 24.8 Å². The van der Waals surface area contributed by atoms with Crippen LogP contribution in [0.2, 0.25) is 0 Å². The van der Waals surface area contributed by atoms with Crippen LogP contribution in [0.25, 0.3) is 0 Å². The Morgan fingerprint density at radius 1 is 1.47 bits per heavy atom. The van der Waals surface area contributed by atoms with E-state index in [1.54, 1.807) is 6.92 Å².